The third-order valence-corrected chi connectivity index (χ3v) is 4.28. The predicted molar refractivity (Wildman–Crippen MR) is 70.7 cm³/mol. The van der Waals surface area contributed by atoms with Gasteiger partial charge in [0.05, 0.1) is 12.3 Å². The number of nitrogens with zero attached hydrogens (tertiary/aromatic N) is 3. The van der Waals surface area contributed by atoms with Gasteiger partial charge in [-0.25, -0.2) is 4.98 Å². The zero-order valence-electron chi connectivity index (χ0n) is 11.0. The minimum Gasteiger partial charge on any atom is -0.396 e. The van der Waals surface area contributed by atoms with Crippen molar-refractivity contribution < 1.29 is 5.11 Å². The van der Waals surface area contributed by atoms with Gasteiger partial charge in [0, 0.05) is 31.6 Å². The summed E-state index contributed by atoms with van der Waals surface area (Å²) in [6, 6.07) is 0. The van der Waals surface area contributed by atoms with E-state index in [0.717, 1.165) is 31.8 Å². The number of hydrogen-bond donors (Lipinski definition) is 1. The molecule has 18 heavy (non-hydrogen) atoms. The maximum Gasteiger partial charge on any atom is 0.114 e. The van der Waals surface area contributed by atoms with Gasteiger partial charge in [0.2, 0.25) is 0 Å². The first-order chi connectivity index (χ1) is 8.86. The Labute approximate surface area is 109 Å². The van der Waals surface area contributed by atoms with Crippen molar-refractivity contribution in [3.8, 4) is 0 Å². The quantitative estimate of drug-likeness (QED) is 0.877. The van der Waals surface area contributed by atoms with E-state index in [1.807, 2.05) is 0 Å². The van der Waals surface area contributed by atoms with Gasteiger partial charge in [-0.3, -0.25) is 0 Å². The lowest BCUT2D eigenvalue weighted by molar-refractivity contribution is 0.238. The molecule has 4 heteroatoms. The van der Waals surface area contributed by atoms with Gasteiger partial charge in [0.25, 0.3) is 0 Å². The number of aliphatic hydroxyl groups is 1. The molecule has 0 spiro atoms. The van der Waals surface area contributed by atoms with Gasteiger partial charge in [0.1, 0.15) is 5.82 Å². The van der Waals surface area contributed by atoms with Gasteiger partial charge >= 0.3 is 0 Å². The maximum absolute atomic E-state index is 9.39. The van der Waals surface area contributed by atoms with Gasteiger partial charge in [0.15, 0.2) is 0 Å². The Morgan fingerprint density at radius 2 is 2.06 bits per heavy atom. The highest BCUT2D eigenvalue weighted by Gasteiger charge is 2.22. The number of aryl methyl sites for hydroxylation is 1. The standard InChI is InChI=1S/C14H23N3O/c18-11-12-4-3-8-17-10-13(15-14(12)17)5-9-16-6-1-2-7-16/h10,12,18H,1-9,11H2. The molecular formula is C14H23N3O. The van der Waals surface area contributed by atoms with E-state index in [4.69, 9.17) is 4.98 Å². The Hall–Kier alpha value is -0.870. The summed E-state index contributed by atoms with van der Waals surface area (Å²) < 4.78 is 2.25. The minimum atomic E-state index is 0.239. The van der Waals surface area contributed by atoms with Crippen LogP contribution in [0.5, 0.6) is 0 Å². The van der Waals surface area contributed by atoms with Crippen molar-refractivity contribution in [1.82, 2.24) is 14.5 Å². The Bertz CT molecular complexity index is 396. The topological polar surface area (TPSA) is 41.3 Å². The van der Waals surface area contributed by atoms with Crippen LogP contribution in [0.2, 0.25) is 0 Å². The zero-order chi connectivity index (χ0) is 12.4. The molecule has 3 heterocycles. The first-order valence-electron chi connectivity index (χ1n) is 7.26. The van der Waals surface area contributed by atoms with Crippen molar-refractivity contribution in [3.05, 3.63) is 17.7 Å². The summed E-state index contributed by atoms with van der Waals surface area (Å²) in [5, 5.41) is 9.39. The second-order valence-corrected chi connectivity index (χ2v) is 5.60. The number of hydrogen-bond acceptors (Lipinski definition) is 3. The number of aromatic nitrogens is 2. The summed E-state index contributed by atoms with van der Waals surface area (Å²) in [6.07, 6.45) is 8.21. The number of aliphatic hydroxyl groups excluding tert-OH is 1. The summed E-state index contributed by atoms with van der Waals surface area (Å²) in [7, 11) is 0. The van der Waals surface area contributed by atoms with Gasteiger partial charge in [-0.1, -0.05) is 0 Å². The van der Waals surface area contributed by atoms with Crippen LogP contribution in [0.25, 0.3) is 0 Å². The fourth-order valence-electron chi connectivity index (χ4n) is 3.20. The van der Waals surface area contributed by atoms with Crippen molar-refractivity contribution in [2.24, 2.45) is 0 Å². The summed E-state index contributed by atoms with van der Waals surface area (Å²) in [6.45, 7) is 4.96. The molecule has 2 aliphatic heterocycles. The molecule has 0 amide bonds. The monoisotopic (exact) mass is 249 g/mol. The van der Waals surface area contributed by atoms with Crippen molar-refractivity contribution in [1.29, 1.82) is 0 Å². The Morgan fingerprint density at radius 1 is 1.22 bits per heavy atom. The van der Waals surface area contributed by atoms with Crippen LogP contribution in [-0.4, -0.2) is 45.8 Å². The number of rotatable bonds is 4. The molecule has 1 saturated heterocycles. The highest BCUT2D eigenvalue weighted by Crippen LogP contribution is 2.26. The Balaban J connectivity index is 1.64. The molecule has 4 nitrogen and oxygen atoms in total. The number of likely N-dealkylation sites (tertiary alicyclic amines) is 1. The Kier molecular flexibility index (Phi) is 3.66. The highest BCUT2D eigenvalue weighted by molar-refractivity contribution is 5.11. The summed E-state index contributed by atoms with van der Waals surface area (Å²) >= 11 is 0. The average molecular weight is 249 g/mol. The lowest BCUT2D eigenvalue weighted by Gasteiger charge is -2.21. The van der Waals surface area contributed by atoms with Gasteiger partial charge in [-0.2, -0.15) is 0 Å². The van der Waals surface area contributed by atoms with Crippen molar-refractivity contribution in [2.45, 2.75) is 44.6 Å². The average Bonchev–Trinajstić information content (AvgIpc) is 3.04. The fourth-order valence-corrected chi connectivity index (χ4v) is 3.20. The zero-order valence-corrected chi connectivity index (χ0v) is 11.0. The SMILES string of the molecule is OCC1CCCn2cc(CCN3CCCC3)nc21. The summed E-state index contributed by atoms with van der Waals surface area (Å²) in [4.78, 5) is 7.27. The van der Waals surface area contributed by atoms with Crippen LogP contribution < -0.4 is 0 Å². The van der Waals surface area contributed by atoms with E-state index in [1.54, 1.807) is 0 Å². The molecule has 0 aromatic carbocycles. The third-order valence-electron chi connectivity index (χ3n) is 4.28. The van der Waals surface area contributed by atoms with Gasteiger partial charge in [-0.15, -0.1) is 0 Å². The van der Waals surface area contributed by atoms with Crippen molar-refractivity contribution in [2.75, 3.05) is 26.2 Å². The van der Waals surface area contributed by atoms with E-state index in [1.165, 1.54) is 38.0 Å². The second-order valence-electron chi connectivity index (χ2n) is 5.60. The van der Waals surface area contributed by atoms with Crippen molar-refractivity contribution >= 4 is 0 Å². The largest absolute Gasteiger partial charge is 0.396 e. The molecule has 1 N–H and O–H groups in total. The van der Waals surface area contributed by atoms with E-state index in [0.29, 0.717) is 0 Å². The van der Waals surface area contributed by atoms with Crippen LogP contribution in [0, 0.1) is 0 Å². The molecular weight excluding hydrogens is 226 g/mol. The first kappa shape index (κ1) is 12.2. The van der Waals surface area contributed by atoms with Crippen molar-refractivity contribution in [3.63, 3.8) is 0 Å². The molecule has 2 aliphatic rings. The van der Waals surface area contributed by atoms with E-state index >= 15 is 0 Å². The second kappa shape index (κ2) is 5.41. The molecule has 0 bridgehead atoms. The van der Waals surface area contributed by atoms with Crippen LogP contribution in [0.15, 0.2) is 6.20 Å². The molecule has 0 radical (unpaired) electrons. The first-order valence-corrected chi connectivity index (χ1v) is 7.26. The molecule has 1 unspecified atom stereocenters. The smallest absolute Gasteiger partial charge is 0.114 e. The molecule has 1 aromatic rings. The summed E-state index contributed by atoms with van der Waals surface area (Å²) in [5.74, 6) is 1.37. The molecule has 0 aliphatic carbocycles. The molecule has 1 aromatic heterocycles. The van der Waals surface area contributed by atoms with E-state index in [2.05, 4.69) is 15.7 Å². The molecule has 1 fully saturated rings. The van der Waals surface area contributed by atoms with Gasteiger partial charge in [-0.05, 0) is 38.8 Å². The predicted octanol–water partition coefficient (Wildman–Crippen LogP) is 1.39. The van der Waals surface area contributed by atoms with Crippen LogP contribution in [-0.2, 0) is 13.0 Å². The van der Waals surface area contributed by atoms with E-state index in [-0.39, 0.29) is 12.5 Å². The van der Waals surface area contributed by atoms with Crippen LogP contribution in [0.3, 0.4) is 0 Å². The van der Waals surface area contributed by atoms with Gasteiger partial charge < -0.3 is 14.6 Å². The lowest BCUT2D eigenvalue weighted by Crippen LogP contribution is -2.22. The van der Waals surface area contributed by atoms with Crippen LogP contribution in [0.1, 0.15) is 43.1 Å². The molecule has 100 valence electrons. The molecule has 1 atom stereocenters. The van der Waals surface area contributed by atoms with Crippen LogP contribution in [0.4, 0.5) is 0 Å². The normalized spacial score (nSPS) is 24.4. The Morgan fingerprint density at radius 3 is 2.83 bits per heavy atom. The summed E-state index contributed by atoms with van der Waals surface area (Å²) in [5.41, 5.74) is 1.21. The number of fused-ring (bicyclic) bond motifs is 1. The highest BCUT2D eigenvalue weighted by atomic mass is 16.3. The number of imidazole rings is 1. The van der Waals surface area contributed by atoms with E-state index < -0.39 is 0 Å². The van der Waals surface area contributed by atoms with E-state index in [9.17, 15) is 5.11 Å². The van der Waals surface area contributed by atoms with Crippen LogP contribution >= 0.6 is 0 Å². The fraction of sp³-hybridized carbons (Fsp3) is 0.786. The molecule has 0 saturated carbocycles. The molecule has 3 rings (SSSR count). The minimum absolute atomic E-state index is 0.239. The third kappa shape index (κ3) is 2.45. The maximum atomic E-state index is 9.39. The lowest BCUT2D eigenvalue weighted by atomic mass is 10.0.